The van der Waals surface area contributed by atoms with Gasteiger partial charge in [-0.15, -0.1) is 15.5 Å². The van der Waals surface area contributed by atoms with E-state index in [1.165, 1.54) is 14.8 Å². The molecule has 0 unspecified atom stereocenters. The monoisotopic (exact) mass is 264 g/mol. The molecule has 0 heterocycles. The minimum absolute atomic E-state index is 0. The van der Waals surface area contributed by atoms with Crippen LogP contribution >= 0.6 is 23.1 Å². The third kappa shape index (κ3) is 13.5. The third-order valence-electron chi connectivity index (χ3n) is 0.884. The summed E-state index contributed by atoms with van der Waals surface area (Å²) >= 11 is 1.24. The van der Waals surface area contributed by atoms with Gasteiger partial charge in [-0.2, -0.15) is 0 Å². The van der Waals surface area contributed by atoms with Gasteiger partial charge < -0.3 is 0 Å². The SMILES string of the molecule is CCCCS(F)(F)(F)(F)Br.F. The average Bonchev–Trinajstić information content (AvgIpc) is 1.55. The summed E-state index contributed by atoms with van der Waals surface area (Å²) in [5.74, 6) is -1.34. The molecule has 0 aliphatic rings. The Morgan fingerprint density at radius 1 is 1.18 bits per heavy atom. The molecule has 0 aromatic rings. The van der Waals surface area contributed by atoms with Crippen molar-refractivity contribution in [3.8, 4) is 0 Å². The smallest absolute Gasteiger partial charge is 0.211 e. The zero-order chi connectivity index (χ0) is 8.53. The number of hydrogen-bond donors (Lipinski definition) is 0. The Labute approximate surface area is 69.3 Å². The van der Waals surface area contributed by atoms with Crippen LogP contribution in [0, 0.1) is 0 Å². The first-order chi connectivity index (χ1) is 4.04. The highest BCUT2D eigenvalue weighted by Crippen LogP contribution is 3.01. The second-order valence-corrected chi connectivity index (χ2v) is 9.16. The van der Waals surface area contributed by atoms with Crippen molar-refractivity contribution in [1.82, 2.24) is 0 Å². The van der Waals surface area contributed by atoms with Gasteiger partial charge in [0.05, 0.1) is 20.6 Å². The summed E-state index contributed by atoms with van der Waals surface area (Å²) < 4.78 is 47.9. The maximum Gasteiger partial charge on any atom is 0.211 e. The topological polar surface area (TPSA) is 0 Å². The van der Waals surface area contributed by atoms with E-state index in [9.17, 15) is 15.5 Å². The van der Waals surface area contributed by atoms with Crippen molar-refractivity contribution in [2.75, 3.05) is 5.75 Å². The van der Waals surface area contributed by atoms with Crippen LogP contribution in [0.1, 0.15) is 19.8 Å². The van der Waals surface area contributed by atoms with Gasteiger partial charge >= 0.3 is 0 Å². The fourth-order valence-electron chi connectivity index (χ4n) is 0.417. The summed E-state index contributed by atoms with van der Waals surface area (Å²) in [6.45, 7) is 1.58. The molecule has 0 saturated carbocycles. The number of unbranched alkanes of at least 4 members (excludes halogenated alkanes) is 1. The highest BCUT2D eigenvalue weighted by atomic mass is 79.9. The average molecular weight is 265 g/mol. The second kappa shape index (κ2) is 2.76. The minimum Gasteiger partial charge on any atom is -0.269 e. The van der Waals surface area contributed by atoms with E-state index in [1.807, 2.05) is 0 Å². The molecule has 0 aromatic carbocycles. The minimum atomic E-state index is -7.74. The largest absolute Gasteiger partial charge is 0.269 e. The molecule has 0 rings (SSSR count). The Morgan fingerprint density at radius 3 is 1.64 bits per heavy atom. The summed E-state index contributed by atoms with van der Waals surface area (Å²) in [6.07, 6.45) is 0.181. The maximum atomic E-state index is 12.0. The van der Waals surface area contributed by atoms with E-state index in [0.717, 1.165) is 0 Å². The van der Waals surface area contributed by atoms with Gasteiger partial charge in [0.2, 0.25) is 8.27 Å². The summed E-state index contributed by atoms with van der Waals surface area (Å²) in [6, 6.07) is 0. The molecule has 0 bridgehead atoms. The van der Waals surface area contributed by atoms with E-state index in [-0.39, 0.29) is 11.1 Å². The van der Waals surface area contributed by atoms with Gasteiger partial charge in [-0.1, -0.05) is 13.3 Å². The molecule has 0 saturated heterocycles. The van der Waals surface area contributed by atoms with Crippen molar-refractivity contribution >= 4 is 23.1 Å². The molecule has 0 aliphatic heterocycles. The van der Waals surface area contributed by atoms with Crippen LogP contribution in [-0.2, 0) is 0 Å². The number of hydrogen-bond acceptors (Lipinski definition) is 0. The first kappa shape index (κ1) is 14.0. The predicted molar refractivity (Wildman–Crippen MR) is 43.2 cm³/mol. The quantitative estimate of drug-likeness (QED) is 0.651. The summed E-state index contributed by atoms with van der Waals surface area (Å²) in [4.78, 5) is 0. The Bertz CT molecular complexity index is 124. The highest BCUT2D eigenvalue weighted by molar-refractivity contribution is 9.63. The number of rotatable bonds is 3. The Balaban J connectivity index is 0. The summed E-state index contributed by atoms with van der Waals surface area (Å²) in [7, 11) is -7.74. The van der Waals surface area contributed by atoms with Crippen molar-refractivity contribution in [2.24, 2.45) is 0 Å². The fraction of sp³-hybridized carbons (Fsp3) is 1.00. The zero-order valence-corrected chi connectivity index (χ0v) is 8.23. The van der Waals surface area contributed by atoms with Gasteiger partial charge in [0, 0.05) is 0 Å². The molecule has 0 spiro atoms. The van der Waals surface area contributed by atoms with Crippen LogP contribution in [0.2, 0.25) is 0 Å². The van der Waals surface area contributed by atoms with Crippen LogP contribution in [0.5, 0.6) is 0 Å². The van der Waals surface area contributed by atoms with Gasteiger partial charge in [-0.3, -0.25) is 4.70 Å². The van der Waals surface area contributed by atoms with Crippen molar-refractivity contribution in [1.29, 1.82) is 0 Å². The molecule has 11 heavy (non-hydrogen) atoms. The van der Waals surface area contributed by atoms with E-state index in [0.29, 0.717) is 6.42 Å². The van der Waals surface area contributed by atoms with E-state index in [1.54, 1.807) is 6.92 Å². The molecule has 0 atom stereocenters. The predicted octanol–water partition coefficient (Wildman–Crippen LogP) is 4.66. The fourth-order valence-corrected chi connectivity index (χ4v) is 1.94. The second-order valence-electron chi connectivity index (χ2n) is 2.19. The lowest BCUT2D eigenvalue weighted by molar-refractivity contribution is 0.481. The van der Waals surface area contributed by atoms with Gasteiger partial charge in [-0.05, 0) is 6.42 Å². The molecular weight excluding hydrogens is 255 g/mol. The molecule has 0 aliphatic carbocycles. The van der Waals surface area contributed by atoms with Crippen LogP contribution in [0.3, 0.4) is 0 Å². The third-order valence-corrected chi connectivity index (χ3v) is 2.92. The first-order valence-corrected chi connectivity index (χ1v) is 6.83. The molecule has 0 aromatic heterocycles. The summed E-state index contributed by atoms with van der Waals surface area (Å²) in [5, 5.41) is 0. The Kier molecular flexibility index (Phi) is 3.52. The molecular formula is C4H10BrF5S. The van der Waals surface area contributed by atoms with Gasteiger partial charge in [0.1, 0.15) is 0 Å². The number of halogens is 6. The zero-order valence-electron chi connectivity index (χ0n) is 5.83. The van der Waals surface area contributed by atoms with Crippen LogP contribution in [0.25, 0.3) is 0 Å². The van der Waals surface area contributed by atoms with E-state index in [2.05, 4.69) is 0 Å². The highest BCUT2D eigenvalue weighted by Gasteiger charge is 2.58. The Morgan fingerprint density at radius 2 is 1.55 bits per heavy atom. The standard InChI is InChI=1S/C4H9BrF4S.FH/c1-2-3-4-10(5,6,7,8)9;/h2-4H2,1H3;1H. The molecule has 0 amide bonds. The molecule has 7 heteroatoms. The van der Waals surface area contributed by atoms with E-state index >= 15 is 0 Å². The maximum absolute atomic E-state index is 12.0. The van der Waals surface area contributed by atoms with Gasteiger partial charge in [0.15, 0.2) is 0 Å². The van der Waals surface area contributed by atoms with Crippen molar-refractivity contribution in [2.45, 2.75) is 19.8 Å². The lowest BCUT2D eigenvalue weighted by atomic mass is 10.4. The molecule has 0 nitrogen and oxygen atoms in total. The lowest BCUT2D eigenvalue weighted by Gasteiger charge is -2.43. The first-order valence-electron chi connectivity index (χ1n) is 2.77. The normalized spacial score (nSPS) is 18.0. The van der Waals surface area contributed by atoms with E-state index in [4.69, 9.17) is 0 Å². The lowest BCUT2D eigenvalue weighted by Crippen LogP contribution is -2.08. The van der Waals surface area contributed by atoms with Gasteiger partial charge in [0.25, 0.3) is 0 Å². The van der Waals surface area contributed by atoms with Crippen molar-refractivity contribution < 1.29 is 20.2 Å². The van der Waals surface area contributed by atoms with Crippen LogP contribution in [-0.4, -0.2) is 5.75 Å². The van der Waals surface area contributed by atoms with Crippen molar-refractivity contribution in [3.05, 3.63) is 0 Å². The molecule has 0 radical (unpaired) electrons. The summed E-state index contributed by atoms with van der Waals surface area (Å²) in [5.41, 5.74) is 0. The van der Waals surface area contributed by atoms with Crippen LogP contribution < -0.4 is 0 Å². The van der Waals surface area contributed by atoms with Gasteiger partial charge in [-0.25, -0.2) is 0 Å². The molecule has 74 valence electrons. The van der Waals surface area contributed by atoms with Crippen molar-refractivity contribution in [3.63, 3.8) is 0 Å². The van der Waals surface area contributed by atoms with E-state index < -0.39 is 14.0 Å². The molecule has 0 N–H and O–H groups in total. The van der Waals surface area contributed by atoms with Crippen LogP contribution in [0.15, 0.2) is 0 Å². The van der Waals surface area contributed by atoms with Crippen LogP contribution in [0.4, 0.5) is 20.2 Å². The molecule has 0 fully saturated rings. The Hall–Kier alpha value is 0.480.